The highest BCUT2D eigenvalue weighted by molar-refractivity contribution is 6.17. The number of halogens is 1. The number of rotatable bonds is 4. The van der Waals surface area contributed by atoms with Crippen molar-refractivity contribution in [1.82, 2.24) is 0 Å². The van der Waals surface area contributed by atoms with Gasteiger partial charge in [-0.1, -0.05) is 0 Å². The van der Waals surface area contributed by atoms with Crippen molar-refractivity contribution in [2.45, 2.75) is 19.4 Å². The molecule has 0 radical (unpaired) electrons. The number of carboxylic acid groups (broad SMARTS) is 1. The molecule has 0 saturated heterocycles. The highest BCUT2D eigenvalue weighted by Gasteiger charge is 2.19. The fourth-order valence-corrected chi connectivity index (χ4v) is 0.750. The molecule has 0 saturated carbocycles. The van der Waals surface area contributed by atoms with E-state index in [-0.39, 0.29) is 0 Å². The van der Waals surface area contributed by atoms with Crippen molar-refractivity contribution >= 4 is 17.6 Å². The van der Waals surface area contributed by atoms with Crippen molar-refractivity contribution in [2.75, 3.05) is 5.88 Å². The normalized spacial score (nSPS) is 16.3. The van der Waals surface area contributed by atoms with Crippen LogP contribution < -0.4 is 0 Å². The van der Waals surface area contributed by atoms with Gasteiger partial charge in [0.05, 0.1) is 12.0 Å². The summed E-state index contributed by atoms with van der Waals surface area (Å²) >= 11 is 5.29. The van der Waals surface area contributed by atoms with Crippen LogP contribution in [0, 0.1) is 5.92 Å². The second-order valence-corrected chi connectivity index (χ2v) is 2.55. The molecular weight excluding hydrogens is 156 g/mol. The van der Waals surface area contributed by atoms with E-state index in [2.05, 4.69) is 0 Å². The fourth-order valence-electron chi connectivity index (χ4n) is 0.526. The number of aliphatic hydroxyl groups is 1. The van der Waals surface area contributed by atoms with E-state index in [1.807, 2.05) is 0 Å². The molecule has 0 rings (SSSR count). The molecule has 0 aliphatic rings. The standard InChI is InChI=1S/C6H11ClO3/c1-4(6(9)10)5(8)2-3-7/h4-5,8H,2-3H2,1H3,(H,9,10). The minimum Gasteiger partial charge on any atom is -0.481 e. The molecule has 0 aromatic heterocycles. The van der Waals surface area contributed by atoms with Gasteiger partial charge in [-0.25, -0.2) is 0 Å². The molecule has 60 valence electrons. The van der Waals surface area contributed by atoms with Crippen LogP contribution in [0.25, 0.3) is 0 Å². The molecule has 0 aliphatic heterocycles. The second kappa shape index (κ2) is 4.52. The third-order valence-corrected chi connectivity index (χ3v) is 1.59. The minimum atomic E-state index is -0.988. The molecule has 0 aromatic carbocycles. The summed E-state index contributed by atoms with van der Waals surface area (Å²) < 4.78 is 0. The van der Waals surface area contributed by atoms with Gasteiger partial charge in [-0.15, -0.1) is 11.6 Å². The van der Waals surface area contributed by atoms with E-state index in [1.54, 1.807) is 0 Å². The third kappa shape index (κ3) is 3.03. The molecule has 0 fully saturated rings. The highest BCUT2D eigenvalue weighted by Crippen LogP contribution is 2.07. The van der Waals surface area contributed by atoms with Crippen LogP contribution in [0.15, 0.2) is 0 Å². The zero-order valence-electron chi connectivity index (χ0n) is 5.75. The van der Waals surface area contributed by atoms with Crippen LogP contribution in [0.3, 0.4) is 0 Å². The Hall–Kier alpha value is -0.280. The van der Waals surface area contributed by atoms with Crippen molar-refractivity contribution in [3.63, 3.8) is 0 Å². The van der Waals surface area contributed by atoms with Gasteiger partial charge >= 0.3 is 5.97 Å². The summed E-state index contributed by atoms with van der Waals surface area (Å²) in [5, 5.41) is 17.4. The average molecular weight is 167 g/mol. The maximum absolute atomic E-state index is 10.2. The van der Waals surface area contributed by atoms with Crippen LogP contribution in [0.4, 0.5) is 0 Å². The van der Waals surface area contributed by atoms with Crippen molar-refractivity contribution in [3.05, 3.63) is 0 Å². The van der Waals surface area contributed by atoms with E-state index < -0.39 is 18.0 Å². The Kier molecular flexibility index (Phi) is 4.40. The van der Waals surface area contributed by atoms with Gasteiger partial charge < -0.3 is 10.2 Å². The Morgan fingerprint density at radius 1 is 1.70 bits per heavy atom. The predicted octanol–water partition coefficient (Wildman–Crippen LogP) is 0.697. The first-order valence-electron chi connectivity index (χ1n) is 3.06. The second-order valence-electron chi connectivity index (χ2n) is 2.17. The van der Waals surface area contributed by atoms with Gasteiger partial charge in [-0.3, -0.25) is 4.79 Å². The first-order valence-corrected chi connectivity index (χ1v) is 3.60. The molecule has 4 heteroatoms. The van der Waals surface area contributed by atoms with Gasteiger partial charge in [0, 0.05) is 5.88 Å². The molecule has 2 atom stereocenters. The van der Waals surface area contributed by atoms with Crippen molar-refractivity contribution < 1.29 is 15.0 Å². The summed E-state index contributed by atoms with van der Waals surface area (Å²) in [6, 6.07) is 0. The van der Waals surface area contributed by atoms with Gasteiger partial charge in [-0.05, 0) is 13.3 Å². The van der Waals surface area contributed by atoms with Crippen LogP contribution in [0.2, 0.25) is 0 Å². The van der Waals surface area contributed by atoms with Gasteiger partial charge in [0.1, 0.15) is 0 Å². The fraction of sp³-hybridized carbons (Fsp3) is 0.833. The van der Waals surface area contributed by atoms with Crippen molar-refractivity contribution in [3.8, 4) is 0 Å². The lowest BCUT2D eigenvalue weighted by Gasteiger charge is -2.12. The maximum Gasteiger partial charge on any atom is 0.308 e. The number of aliphatic hydroxyl groups excluding tert-OH is 1. The Bertz CT molecular complexity index is 116. The van der Waals surface area contributed by atoms with Crippen LogP contribution in [0.5, 0.6) is 0 Å². The number of aliphatic carboxylic acids is 1. The van der Waals surface area contributed by atoms with E-state index in [0.29, 0.717) is 12.3 Å². The molecule has 3 nitrogen and oxygen atoms in total. The number of hydrogen-bond donors (Lipinski definition) is 2. The zero-order valence-corrected chi connectivity index (χ0v) is 6.51. The molecule has 0 aliphatic carbocycles. The lowest BCUT2D eigenvalue weighted by atomic mass is 10.0. The smallest absolute Gasteiger partial charge is 0.308 e. The summed E-state index contributed by atoms with van der Waals surface area (Å²) in [5.41, 5.74) is 0. The van der Waals surface area contributed by atoms with E-state index in [9.17, 15) is 4.79 Å². The molecule has 10 heavy (non-hydrogen) atoms. The number of alkyl halides is 1. The van der Waals surface area contributed by atoms with Crippen LogP contribution in [-0.4, -0.2) is 28.2 Å². The van der Waals surface area contributed by atoms with Crippen molar-refractivity contribution in [2.24, 2.45) is 5.92 Å². The maximum atomic E-state index is 10.2. The number of hydrogen-bond acceptors (Lipinski definition) is 2. The largest absolute Gasteiger partial charge is 0.481 e. The summed E-state index contributed by atoms with van der Waals surface area (Å²) in [4.78, 5) is 10.2. The molecule has 2 N–H and O–H groups in total. The average Bonchev–Trinajstić information content (AvgIpc) is 1.87. The van der Waals surface area contributed by atoms with Gasteiger partial charge in [-0.2, -0.15) is 0 Å². The third-order valence-electron chi connectivity index (χ3n) is 1.37. The summed E-state index contributed by atoms with van der Waals surface area (Å²) in [7, 11) is 0. The Labute approximate surface area is 64.6 Å². The Balaban J connectivity index is 3.69. The van der Waals surface area contributed by atoms with E-state index in [0.717, 1.165) is 0 Å². The van der Waals surface area contributed by atoms with E-state index >= 15 is 0 Å². The monoisotopic (exact) mass is 166 g/mol. The van der Waals surface area contributed by atoms with E-state index in [4.69, 9.17) is 21.8 Å². The summed E-state index contributed by atoms with van der Waals surface area (Å²) in [6.07, 6.45) is -0.496. The number of carbonyl (C=O) groups is 1. The Morgan fingerprint density at radius 2 is 2.20 bits per heavy atom. The lowest BCUT2D eigenvalue weighted by Crippen LogP contribution is -2.25. The van der Waals surface area contributed by atoms with Gasteiger partial charge in [0.2, 0.25) is 0 Å². The molecule has 0 amide bonds. The summed E-state index contributed by atoms with van der Waals surface area (Å²) in [5.74, 6) is -1.42. The first-order chi connectivity index (χ1) is 4.59. The SMILES string of the molecule is CC(C(=O)O)C(O)CCCl. The predicted molar refractivity (Wildman–Crippen MR) is 38.1 cm³/mol. The van der Waals surface area contributed by atoms with Crippen LogP contribution >= 0.6 is 11.6 Å². The van der Waals surface area contributed by atoms with Crippen LogP contribution in [0.1, 0.15) is 13.3 Å². The highest BCUT2D eigenvalue weighted by atomic mass is 35.5. The molecule has 0 aromatic rings. The van der Waals surface area contributed by atoms with Gasteiger partial charge in [0.15, 0.2) is 0 Å². The zero-order chi connectivity index (χ0) is 8.15. The van der Waals surface area contributed by atoms with Gasteiger partial charge in [0.25, 0.3) is 0 Å². The molecule has 0 heterocycles. The summed E-state index contributed by atoms with van der Waals surface area (Å²) in [6.45, 7) is 1.46. The minimum absolute atomic E-state index is 0.290. The molecule has 0 bridgehead atoms. The quantitative estimate of drug-likeness (QED) is 0.605. The molecule has 2 unspecified atom stereocenters. The molecular formula is C6H11ClO3. The van der Waals surface area contributed by atoms with Crippen LogP contribution in [-0.2, 0) is 4.79 Å². The van der Waals surface area contributed by atoms with Crippen molar-refractivity contribution in [1.29, 1.82) is 0 Å². The first kappa shape index (κ1) is 9.72. The topological polar surface area (TPSA) is 57.5 Å². The number of carboxylic acids is 1. The lowest BCUT2D eigenvalue weighted by molar-refractivity contribution is -0.144. The van der Waals surface area contributed by atoms with E-state index in [1.165, 1.54) is 6.92 Å². The molecule has 0 spiro atoms. The Morgan fingerprint density at radius 3 is 2.50 bits per heavy atom.